The largest absolute Gasteiger partial charge is 0.379 e. The fourth-order valence-electron chi connectivity index (χ4n) is 3.04. The van der Waals surface area contributed by atoms with Gasteiger partial charge in [0.05, 0.1) is 11.6 Å². The lowest BCUT2D eigenvalue weighted by Gasteiger charge is -2.40. The predicted octanol–water partition coefficient (Wildman–Crippen LogP) is 1.80. The number of aromatic nitrogens is 4. The SMILES string of the molecule is COC1(C)CCC(N(C(=O)c2ccncn2)n2ccnc2)CC1. The normalized spacial score (nSPS) is 24.3. The van der Waals surface area contributed by atoms with E-state index < -0.39 is 0 Å². The molecule has 0 bridgehead atoms. The van der Waals surface area contributed by atoms with Crippen LogP contribution in [0.2, 0.25) is 0 Å². The first kappa shape index (κ1) is 15.6. The maximum absolute atomic E-state index is 12.9. The lowest BCUT2D eigenvalue weighted by molar-refractivity contribution is -0.0281. The Labute approximate surface area is 135 Å². The predicted molar refractivity (Wildman–Crippen MR) is 84.5 cm³/mol. The lowest BCUT2D eigenvalue weighted by atomic mass is 9.83. The van der Waals surface area contributed by atoms with Gasteiger partial charge in [-0.1, -0.05) is 0 Å². The molecule has 7 heteroatoms. The van der Waals surface area contributed by atoms with Crippen molar-refractivity contribution in [1.82, 2.24) is 19.6 Å². The van der Waals surface area contributed by atoms with E-state index in [2.05, 4.69) is 21.9 Å². The van der Waals surface area contributed by atoms with Crippen LogP contribution in [-0.2, 0) is 4.74 Å². The molecule has 0 saturated heterocycles. The molecule has 1 fully saturated rings. The average molecular weight is 315 g/mol. The van der Waals surface area contributed by atoms with Gasteiger partial charge in [0.1, 0.15) is 18.3 Å². The third-order valence-electron chi connectivity index (χ3n) is 4.60. The first-order chi connectivity index (χ1) is 11.1. The van der Waals surface area contributed by atoms with E-state index in [1.807, 2.05) is 0 Å². The van der Waals surface area contributed by atoms with E-state index in [-0.39, 0.29) is 17.6 Å². The summed E-state index contributed by atoms with van der Waals surface area (Å²) >= 11 is 0. The van der Waals surface area contributed by atoms with E-state index in [4.69, 9.17) is 4.74 Å². The number of methoxy groups -OCH3 is 1. The van der Waals surface area contributed by atoms with Gasteiger partial charge in [0, 0.05) is 25.7 Å². The second-order valence-electron chi connectivity index (χ2n) is 6.07. The van der Waals surface area contributed by atoms with Crippen LogP contribution in [0.25, 0.3) is 0 Å². The molecule has 0 unspecified atom stereocenters. The van der Waals surface area contributed by atoms with Crippen molar-refractivity contribution in [1.29, 1.82) is 0 Å². The van der Waals surface area contributed by atoms with Gasteiger partial charge in [0.15, 0.2) is 0 Å². The second-order valence-corrected chi connectivity index (χ2v) is 6.07. The molecule has 2 aromatic rings. The van der Waals surface area contributed by atoms with Crippen LogP contribution in [0.5, 0.6) is 0 Å². The van der Waals surface area contributed by atoms with Crippen molar-refractivity contribution in [3.8, 4) is 0 Å². The molecule has 7 nitrogen and oxygen atoms in total. The van der Waals surface area contributed by atoms with Crippen molar-refractivity contribution in [2.45, 2.75) is 44.2 Å². The molecule has 23 heavy (non-hydrogen) atoms. The Hall–Kier alpha value is -2.28. The molecule has 0 spiro atoms. The summed E-state index contributed by atoms with van der Waals surface area (Å²) < 4.78 is 7.34. The average Bonchev–Trinajstić information content (AvgIpc) is 3.12. The first-order valence-electron chi connectivity index (χ1n) is 7.76. The number of ether oxygens (including phenoxy) is 1. The van der Waals surface area contributed by atoms with Crippen LogP contribution in [0, 0.1) is 0 Å². The van der Waals surface area contributed by atoms with Crippen LogP contribution in [0.1, 0.15) is 43.1 Å². The number of carbonyl (C=O) groups excluding carboxylic acids is 1. The Balaban J connectivity index is 1.85. The van der Waals surface area contributed by atoms with Crippen molar-refractivity contribution in [2.75, 3.05) is 12.1 Å². The number of carbonyl (C=O) groups is 1. The summed E-state index contributed by atoms with van der Waals surface area (Å²) in [5, 5.41) is 1.74. The van der Waals surface area contributed by atoms with Gasteiger partial charge >= 0.3 is 0 Å². The molecule has 3 rings (SSSR count). The molecule has 0 atom stereocenters. The van der Waals surface area contributed by atoms with Gasteiger partial charge in [-0.15, -0.1) is 0 Å². The molecule has 1 amide bonds. The summed E-state index contributed by atoms with van der Waals surface area (Å²) in [7, 11) is 1.75. The quantitative estimate of drug-likeness (QED) is 0.860. The minimum Gasteiger partial charge on any atom is -0.379 e. The zero-order valence-electron chi connectivity index (χ0n) is 13.4. The highest BCUT2D eigenvalue weighted by molar-refractivity contribution is 6.00. The Morgan fingerprint density at radius 3 is 2.70 bits per heavy atom. The van der Waals surface area contributed by atoms with Crippen LogP contribution in [0.15, 0.2) is 37.3 Å². The zero-order valence-corrected chi connectivity index (χ0v) is 13.4. The molecular weight excluding hydrogens is 294 g/mol. The minimum absolute atomic E-state index is 0.0925. The fraction of sp³-hybridized carbons (Fsp3) is 0.500. The van der Waals surface area contributed by atoms with Crippen molar-refractivity contribution in [3.05, 3.63) is 43.0 Å². The molecule has 0 aromatic carbocycles. The van der Waals surface area contributed by atoms with E-state index in [1.54, 1.807) is 47.8 Å². The highest BCUT2D eigenvalue weighted by Crippen LogP contribution is 2.33. The Kier molecular flexibility index (Phi) is 4.38. The summed E-state index contributed by atoms with van der Waals surface area (Å²) in [5.74, 6) is -0.142. The Morgan fingerprint density at radius 2 is 2.13 bits per heavy atom. The fourth-order valence-corrected chi connectivity index (χ4v) is 3.04. The maximum atomic E-state index is 12.9. The second kappa shape index (κ2) is 6.45. The van der Waals surface area contributed by atoms with E-state index in [0.717, 1.165) is 25.7 Å². The summed E-state index contributed by atoms with van der Waals surface area (Å²) in [6.45, 7) is 2.12. The molecule has 0 radical (unpaired) electrons. The number of hydrogen-bond donors (Lipinski definition) is 0. The van der Waals surface area contributed by atoms with Gasteiger partial charge in [0.2, 0.25) is 0 Å². The molecule has 1 aliphatic carbocycles. The summed E-state index contributed by atoms with van der Waals surface area (Å²) in [5.41, 5.74) is 0.281. The molecule has 0 aliphatic heterocycles. The third-order valence-corrected chi connectivity index (χ3v) is 4.60. The van der Waals surface area contributed by atoms with Gasteiger partial charge in [-0.3, -0.25) is 4.79 Å². The highest BCUT2D eigenvalue weighted by Gasteiger charge is 2.36. The van der Waals surface area contributed by atoms with Gasteiger partial charge in [0.25, 0.3) is 5.91 Å². The Bertz CT molecular complexity index is 636. The van der Waals surface area contributed by atoms with Gasteiger partial charge < -0.3 is 4.74 Å². The van der Waals surface area contributed by atoms with Gasteiger partial charge in [-0.25, -0.2) is 24.6 Å². The molecule has 1 saturated carbocycles. The topological polar surface area (TPSA) is 73.1 Å². The van der Waals surface area contributed by atoms with Crippen LogP contribution < -0.4 is 5.01 Å². The molecule has 0 N–H and O–H groups in total. The minimum atomic E-state index is -0.142. The monoisotopic (exact) mass is 315 g/mol. The number of hydrogen-bond acceptors (Lipinski definition) is 5. The lowest BCUT2D eigenvalue weighted by Crippen LogP contribution is -2.51. The molecule has 1 aliphatic rings. The smallest absolute Gasteiger partial charge is 0.291 e. The third kappa shape index (κ3) is 3.24. The summed E-state index contributed by atoms with van der Waals surface area (Å²) in [4.78, 5) is 25.0. The summed E-state index contributed by atoms with van der Waals surface area (Å²) in [6.07, 6.45) is 11.6. The number of nitrogens with zero attached hydrogens (tertiary/aromatic N) is 5. The van der Waals surface area contributed by atoms with E-state index >= 15 is 0 Å². The van der Waals surface area contributed by atoms with Crippen molar-refractivity contribution in [3.63, 3.8) is 0 Å². The van der Waals surface area contributed by atoms with E-state index in [9.17, 15) is 4.79 Å². The number of imidazole rings is 1. The number of amides is 1. The van der Waals surface area contributed by atoms with E-state index in [0.29, 0.717) is 5.69 Å². The van der Waals surface area contributed by atoms with Gasteiger partial charge in [-0.2, -0.15) is 0 Å². The molecule has 122 valence electrons. The molecular formula is C16H21N5O2. The van der Waals surface area contributed by atoms with Crippen LogP contribution in [-0.4, -0.2) is 44.3 Å². The molecule has 2 aromatic heterocycles. The van der Waals surface area contributed by atoms with Crippen molar-refractivity contribution < 1.29 is 9.53 Å². The zero-order chi connectivity index (χ0) is 16.3. The van der Waals surface area contributed by atoms with Gasteiger partial charge in [-0.05, 0) is 38.7 Å². The van der Waals surface area contributed by atoms with E-state index in [1.165, 1.54) is 6.33 Å². The first-order valence-corrected chi connectivity index (χ1v) is 7.76. The maximum Gasteiger partial charge on any atom is 0.291 e. The molecule has 2 heterocycles. The summed E-state index contributed by atoms with van der Waals surface area (Å²) in [6, 6.07) is 1.73. The van der Waals surface area contributed by atoms with Crippen LogP contribution >= 0.6 is 0 Å². The number of rotatable bonds is 4. The highest BCUT2D eigenvalue weighted by atomic mass is 16.5. The Morgan fingerprint density at radius 1 is 1.35 bits per heavy atom. The van der Waals surface area contributed by atoms with Crippen molar-refractivity contribution >= 4 is 5.91 Å². The van der Waals surface area contributed by atoms with Crippen LogP contribution in [0.3, 0.4) is 0 Å². The van der Waals surface area contributed by atoms with Crippen molar-refractivity contribution in [2.24, 2.45) is 0 Å². The van der Waals surface area contributed by atoms with Crippen LogP contribution in [0.4, 0.5) is 0 Å². The standard InChI is InChI=1S/C16H21N5O2/c1-16(23-2)6-3-13(4-7-16)21(20-10-9-18-12-20)15(22)14-5-8-17-11-19-14/h5,8-13H,3-4,6-7H2,1-2H3.